The second-order valence-electron chi connectivity index (χ2n) is 3.30. The van der Waals surface area contributed by atoms with Crippen LogP contribution in [0.1, 0.15) is 13.8 Å². The summed E-state index contributed by atoms with van der Waals surface area (Å²) in [7, 11) is 5.67. The van der Waals surface area contributed by atoms with Crippen molar-refractivity contribution in [3.05, 3.63) is 34.4 Å². The average molecular weight is 287 g/mol. The summed E-state index contributed by atoms with van der Waals surface area (Å²) in [5.74, 6) is 0. The number of nitro groups is 1. The van der Waals surface area contributed by atoms with Crippen LogP contribution in [-0.2, 0) is 0 Å². The Morgan fingerprint density at radius 3 is 2.47 bits per heavy atom. The summed E-state index contributed by atoms with van der Waals surface area (Å²) < 4.78 is 1.04. The van der Waals surface area contributed by atoms with Crippen molar-refractivity contribution in [3.8, 4) is 0 Å². The molecule has 1 aromatic rings. The van der Waals surface area contributed by atoms with Crippen LogP contribution in [0.4, 0.5) is 5.69 Å². The van der Waals surface area contributed by atoms with Gasteiger partial charge in [0.15, 0.2) is 0 Å². The van der Waals surface area contributed by atoms with Gasteiger partial charge < -0.3 is 0 Å². The van der Waals surface area contributed by atoms with E-state index in [4.69, 9.17) is 10.4 Å². The van der Waals surface area contributed by atoms with Crippen molar-refractivity contribution >= 4 is 32.3 Å². The zero-order chi connectivity index (χ0) is 11.5. The molecule has 0 aliphatic heterocycles. The topological polar surface area (TPSA) is 43.1 Å². The van der Waals surface area contributed by atoms with Gasteiger partial charge in [0, 0.05) is 0 Å². The predicted octanol–water partition coefficient (Wildman–Crippen LogP) is 2.98. The zero-order valence-electron chi connectivity index (χ0n) is 8.84. The second kappa shape index (κ2) is 4.95. The molecule has 0 aliphatic carbocycles. The van der Waals surface area contributed by atoms with Crippen LogP contribution in [0.3, 0.4) is 0 Å². The van der Waals surface area contributed by atoms with Crippen molar-refractivity contribution in [2.24, 2.45) is 0 Å². The van der Waals surface area contributed by atoms with Gasteiger partial charge in [0.05, 0.1) is 0 Å². The summed E-state index contributed by atoms with van der Waals surface area (Å²) in [6.07, 6.45) is 0. The summed E-state index contributed by atoms with van der Waals surface area (Å²) in [5.41, 5.74) is 0.157. The van der Waals surface area contributed by atoms with Gasteiger partial charge in [-0.25, -0.2) is 0 Å². The first-order chi connectivity index (χ1) is 7.03. The van der Waals surface area contributed by atoms with E-state index in [1.165, 1.54) is 6.07 Å². The second-order valence-corrected chi connectivity index (χ2v) is 14.4. The van der Waals surface area contributed by atoms with E-state index in [0.29, 0.717) is 0 Å². The molecule has 15 heavy (non-hydrogen) atoms. The van der Waals surface area contributed by atoms with Crippen molar-refractivity contribution < 1.29 is 4.92 Å². The number of hydrogen-bond acceptors (Lipinski definition) is 3. The van der Waals surface area contributed by atoms with Gasteiger partial charge in [-0.1, -0.05) is 0 Å². The van der Waals surface area contributed by atoms with E-state index in [1.807, 2.05) is 6.07 Å². The Kier molecular flexibility index (Phi) is 4.11. The number of benzene rings is 1. The average Bonchev–Trinajstić information content (AvgIpc) is 2.28. The molecule has 0 saturated carbocycles. The number of rotatable bonds is 4. The first-order valence-electron chi connectivity index (χ1n) is 4.86. The number of nitro benzene ring substituents is 1. The Hall–Kier alpha value is -0.602. The molecule has 0 heterocycles. The molecule has 1 rings (SSSR count). The molecule has 3 nitrogen and oxygen atoms in total. The van der Waals surface area contributed by atoms with Crippen molar-refractivity contribution in [2.75, 3.05) is 0 Å². The van der Waals surface area contributed by atoms with Crippen LogP contribution in [0, 0.1) is 10.1 Å². The van der Waals surface area contributed by atoms with Crippen LogP contribution >= 0.6 is 10.4 Å². The van der Waals surface area contributed by atoms with Gasteiger partial charge >= 0.3 is 95.9 Å². The zero-order valence-corrected chi connectivity index (χ0v) is 11.5. The molecular formula is C10H14AsNO2S. The van der Waals surface area contributed by atoms with Crippen LogP contribution in [0.2, 0.25) is 10.4 Å². The molecule has 0 atom stereocenters. The van der Waals surface area contributed by atoms with Crippen LogP contribution < -0.4 is 4.35 Å². The Bertz CT molecular complexity index is 412. The minimum absolute atomic E-state index is 0.157. The molecule has 0 saturated heterocycles. The molecule has 0 bridgehead atoms. The number of hydrogen-bond donors (Lipinski definition) is 0. The monoisotopic (exact) mass is 287 g/mol. The van der Waals surface area contributed by atoms with Crippen LogP contribution in [-0.4, -0.2) is 16.8 Å². The predicted molar refractivity (Wildman–Crippen MR) is 67.0 cm³/mol. The molecule has 1 aromatic carbocycles. The number of non-ortho nitro benzene ring substituents is 1. The standard InChI is InChI=1S/C10H14AsNO2S/c1-3-11(15,4-2)9-6-5-7-10(8-9)12(13)14/h5-8H,3-4H2,1-2H3. The van der Waals surface area contributed by atoms with Gasteiger partial charge in [0.2, 0.25) is 0 Å². The Morgan fingerprint density at radius 1 is 1.40 bits per heavy atom. The Morgan fingerprint density at radius 2 is 2.00 bits per heavy atom. The fourth-order valence-electron chi connectivity index (χ4n) is 1.45. The third kappa shape index (κ3) is 2.70. The van der Waals surface area contributed by atoms with Crippen LogP contribution in [0.25, 0.3) is 0 Å². The summed E-state index contributed by atoms with van der Waals surface area (Å²) in [4.78, 5) is 10.3. The Balaban J connectivity index is 3.21. The summed E-state index contributed by atoms with van der Waals surface area (Å²) in [6.45, 7) is 4.17. The quantitative estimate of drug-likeness (QED) is 0.486. The first kappa shape index (κ1) is 12.5. The third-order valence-corrected chi connectivity index (χ3v) is 13.2. The molecule has 0 spiro atoms. The van der Waals surface area contributed by atoms with Gasteiger partial charge in [0.25, 0.3) is 0 Å². The minimum atomic E-state index is -2.23. The summed E-state index contributed by atoms with van der Waals surface area (Å²) >= 11 is -2.23. The molecular weight excluding hydrogens is 273 g/mol. The number of nitrogens with zero attached hydrogens (tertiary/aromatic N) is 1. The summed E-state index contributed by atoms with van der Waals surface area (Å²) in [5, 5.41) is 12.6. The first-order valence-corrected chi connectivity index (χ1v) is 11.1. The molecule has 0 N–H and O–H groups in total. The van der Waals surface area contributed by atoms with Crippen molar-refractivity contribution in [2.45, 2.75) is 24.3 Å². The Labute approximate surface area is 95.9 Å². The molecule has 0 radical (unpaired) electrons. The van der Waals surface area contributed by atoms with E-state index < -0.39 is 11.9 Å². The summed E-state index contributed by atoms with van der Waals surface area (Å²) in [6, 6.07) is 6.86. The molecule has 0 amide bonds. The molecule has 82 valence electrons. The molecule has 0 aromatic heterocycles. The van der Waals surface area contributed by atoms with E-state index in [9.17, 15) is 10.1 Å². The fraction of sp³-hybridized carbons (Fsp3) is 0.400. The third-order valence-electron chi connectivity index (χ3n) is 2.53. The molecule has 0 fully saturated rings. The normalized spacial score (nSPS) is 11.3. The van der Waals surface area contributed by atoms with Gasteiger partial charge in [0.1, 0.15) is 0 Å². The van der Waals surface area contributed by atoms with Gasteiger partial charge in [-0.2, -0.15) is 0 Å². The van der Waals surface area contributed by atoms with Crippen LogP contribution in [0.5, 0.6) is 0 Å². The van der Waals surface area contributed by atoms with Crippen molar-refractivity contribution in [3.63, 3.8) is 0 Å². The molecule has 0 aliphatic rings. The SMILES string of the molecule is CC[As](=S)(CC)c1cccc([N+](=O)[O-])c1. The van der Waals surface area contributed by atoms with E-state index in [1.54, 1.807) is 12.1 Å². The van der Waals surface area contributed by atoms with Gasteiger partial charge in [-0.15, -0.1) is 0 Å². The van der Waals surface area contributed by atoms with Crippen molar-refractivity contribution in [1.29, 1.82) is 0 Å². The maximum absolute atomic E-state index is 10.6. The van der Waals surface area contributed by atoms with E-state index in [0.717, 1.165) is 14.8 Å². The van der Waals surface area contributed by atoms with Crippen molar-refractivity contribution in [1.82, 2.24) is 0 Å². The van der Waals surface area contributed by atoms with Gasteiger partial charge in [-0.05, 0) is 0 Å². The van der Waals surface area contributed by atoms with E-state index in [2.05, 4.69) is 13.8 Å². The molecule has 0 unspecified atom stereocenters. The van der Waals surface area contributed by atoms with E-state index >= 15 is 0 Å². The maximum atomic E-state index is 10.6. The fourth-order valence-corrected chi connectivity index (χ4v) is 6.03. The van der Waals surface area contributed by atoms with Gasteiger partial charge in [-0.3, -0.25) is 0 Å². The molecule has 5 heteroatoms. The van der Waals surface area contributed by atoms with Crippen LogP contribution in [0.15, 0.2) is 24.3 Å². The van der Waals surface area contributed by atoms with E-state index in [-0.39, 0.29) is 10.6 Å².